The number of carbonyl (C=O) groups excluding carboxylic acids is 1. The molecule has 1 aliphatic carbocycles. The molecule has 0 radical (unpaired) electrons. The monoisotopic (exact) mass is 436 g/mol. The van der Waals surface area contributed by atoms with Gasteiger partial charge in [0.15, 0.2) is 0 Å². The number of nitrogens with zero attached hydrogens (tertiary/aromatic N) is 3. The van der Waals surface area contributed by atoms with Crippen molar-refractivity contribution in [2.24, 2.45) is 0 Å². The zero-order valence-corrected chi connectivity index (χ0v) is 18.3. The number of thioether (sulfide) groups is 1. The van der Waals surface area contributed by atoms with Crippen LogP contribution in [0.3, 0.4) is 0 Å². The molecule has 1 amide bonds. The zero-order valence-electron chi connectivity index (χ0n) is 17.4. The minimum Gasteiger partial charge on any atom is -0.310 e. The Labute approximate surface area is 185 Å². The largest absolute Gasteiger partial charge is 0.310 e. The number of hydrogen-bond acceptors (Lipinski definition) is 5. The van der Waals surface area contributed by atoms with Crippen LogP contribution in [-0.4, -0.2) is 25.9 Å². The first-order valence-corrected chi connectivity index (χ1v) is 11.2. The number of nitrogens with one attached hydrogen (secondary N) is 1. The summed E-state index contributed by atoms with van der Waals surface area (Å²) >= 11 is 1.37. The summed E-state index contributed by atoms with van der Waals surface area (Å²) in [6.45, 7) is 3.77. The smallest absolute Gasteiger partial charge is 0.269 e. The molecule has 0 bridgehead atoms. The van der Waals surface area contributed by atoms with Gasteiger partial charge < -0.3 is 5.32 Å². The summed E-state index contributed by atoms with van der Waals surface area (Å²) in [7, 11) is 0. The minimum atomic E-state index is -0.433. The summed E-state index contributed by atoms with van der Waals surface area (Å²) in [4.78, 5) is 24.1. The third-order valence-corrected chi connectivity index (χ3v) is 6.69. The number of aromatic nitrogens is 2. The van der Waals surface area contributed by atoms with Gasteiger partial charge in [0.25, 0.3) is 5.69 Å². The summed E-state index contributed by atoms with van der Waals surface area (Å²) in [5.41, 5.74) is 3.56. The lowest BCUT2D eigenvalue weighted by atomic mass is 9.88. The highest BCUT2D eigenvalue weighted by atomic mass is 32.2. The average Bonchev–Trinajstić information content (AvgIpc) is 3.13. The van der Waals surface area contributed by atoms with Crippen molar-refractivity contribution in [1.82, 2.24) is 9.78 Å². The van der Waals surface area contributed by atoms with Crippen molar-refractivity contribution in [1.29, 1.82) is 0 Å². The van der Waals surface area contributed by atoms with E-state index in [2.05, 4.69) is 34.7 Å². The molecular weight excluding hydrogens is 412 g/mol. The van der Waals surface area contributed by atoms with E-state index in [1.807, 2.05) is 18.5 Å². The Morgan fingerprint density at radius 2 is 2.00 bits per heavy atom. The molecule has 0 saturated carbocycles. The number of rotatable bonds is 6. The highest BCUT2D eigenvalue weighted by Crippen LogP contribution is 2.35. The topological polar surface area (TPSA) is 90.1 Å². The average molecular weight is 437 g/mol. The summed E-state index contributed by atoms with van der Waals surface area (Å²) < 4.78 is 1.94. The molecule has 160 valence electrons. The lowest BCUT2D eigenvalue weighted by Gasteiger charge is -2.27. The van der Waals surface area contributed by atoms with Gasteiger partial charge in [0.05, 0.1) is 22.4 Å². The van der Waals surface area contributed by atoms with Crippen LogP contribution in [0, 0.1) is 17.0 Å². The minimum absolute atomic E-state index is 0.0359. The molecule has 0 spiro atoms. The van der Waals surface area contributed by atoms with Crippen molar-refractivity contribution in [3.05, 3.63) is 81.5 Å². The molecule has 0 saturated heterocycles. The van der Waals surface area contributed by atoms with Crippen molar-refractivity contribution in [3.63, 3.8) is 0 Å². The number of anilines is 1. The van der Waals surface area contributed by atoms with E-state index in [1.54, 1.807) is 18.3 Å². The number of hydrogen-bond donors (Lipinski definition) is 1. The van der Waals surface area contributed by atoms with Gasteiger partial charge in [0.2, 0.25) is 5.91 Å². The van der Waals surface area contributed by atoms with Gasteiger partial charge in [-0.1, -0.05) is 24.3 Å². The van der Waals surface area contributed by atoms with Gasteiger partial charge in [-0.3, -0.25) is 14.9 Å². The second kappa shape index (κ2) is 8.93. The predicted octanol–water partition coefficient (Wildman–Crippen LogP) is 5.14. The van der Waals surface area contributed by atoms with E-state index in [0.717, 1.165) is 35.5 Å². The van der Waals surface area contributed by atoms with Crippen molar-refractivity contribution >= 4 is 29.2 Å². The van der Waals surface area contributed by atoms with Gasteiger partial charge in [-0.25, -0.2) is 4.68 Å². The first-order chi connectivity index (χ1) is 14.9. The van der Waals surface area contributed by atoms with Gasteiger partial charge in [-0.15, -0.1) is 11.8 Å². The highest BCUT2D eigenvalue weighted by molar-refractivity contribution is 8.00. The standard InChI is InChI=1S/C23H24N4O3S/c1-15-14-24-26(21-9-5-7-17-6-3-4-8-20(17)21)22(15)25-23(28)16(2)31-19-12-10-18(11-13-19)27(29)30/h3-4,6,8,10-14,16,21H,5,7,9H2,1-2H3,(H,25,28)/t16-,21-/m1/s1. The van der Waals surface area contributed by atoms with Crippen LogP contribution in [0.1, 0.15) is 42.5 Å². The quantitative estimate of drug-likeness (QED) is 0.328. The molecule has 4 rings (SSSR count). The van der Waals surface area contributed by atoms with Gasteiger partial charge >= 0.3 is 0 Å². The second-order valence-corrected chi connectivity index (χ2v) is 9.14. The Balaban J connectivity index is 1.50. The fourth-order valence-corrected chi connectivity index (χ4v) is 4.81. The Kier molecular flexibility index (Phi) is 6.08. The van der Waals surface area contributed by atoms with Crippen LogP contribution in [-0.2, 0) is 11.2 Å². The molecule has 0 fully saturated rings. The first-order valence-electron chi connectivity index (χ1n) is 10.3. The van der Waals surface area contributed by atoms with Gasteiger partial charge in [-0.2, -0.15) is 5.10 Å². The Hall–Kier alpha value is -3.13. The summed E-state index contributed by atoms with van der Waals surface area (Å²) in [5, 5.41) is 18.1. The number of amides is 1. The summed E-state index contributed by atoms with van der Waals surface area (Å²) in [6, 6.07) is 14.8. The van der Waals surface area contributed by atoms with E-state index in [-0.39, 0.29) is 22.9 Å². The Morgan fingerprint density at radius 1 is 1.26 bits per heavy atom. The van der Waals surface area contributed by atoms with Crippen LogP contribution >= 0.6 is 11.8 Å². The van der Waals surface area contributed by atoms with E-state index < -0.39 is 4.92 Å². The molecule has 0 aliphatic heterocycles. The highest BCUT2D eigenvalue weighted by Gasteiger charge is 2.26. The maximum Gasteiger partial charge on any atom is 0.269 e. The Morgan fingerprint density at radius 3 is 2.74 bits per heavy atom. The second-order valence-electron chi connectivity index (χ2n) is 7.73. The van der Waals surface area contributed by atoms with Crippen molar-refractivity contribution < 1.29 is 9.72 Å². The Bertz CT molecular complexity index is 1110. The molecule has 3 aromatic rings. The molecule has 1 aromatic heterocycles. The molecule has 1 heterocycles. The van der Waals surface area contributed by atoms with Crippen LogP contribution < -0.4 is 5.32 Å². The fraction of sp³-hybridized carbons (Fsp3) is 0.304. The third kappa shape index (κ3) is 4.49. The molecular formula is C23H24N4O3S. The van der Waals surface area contributed by atoms with Crippen LogP contribution in [0.25, 0.3) is 0 Å². The molecule has 2 aromatic carbocycles. The third-order valence-electron chi connectivity index (χ3n) is 5.58. The SMILES string of the molecule is Cc1cnn([C@@H]2CCCc3ccccc32)c1NC(=O)[C@@H](C)Sc1ccc([N+](=O)[O-])cc1. The molecule has 0 unspecified atom stereocenters. The molecule has 31 heavy (non-hydrogen) atoms. The van der Waals surface area contributed by atoms with E-state index in [9.17, 15) is 14.9 Å². The number of non-ortho nitro benzene ring substituents is 1. The number of nitro benzene ring substituents is 1. The lowest BCUT2D eigenvalue weighted by Crippen LogP contribution is -2.27. The molecule has 1 aliphatic rings. The number of carbonyl (C=O) groups is 1. The van der Waals surface area contributed by atoms with Crippen LogP contribution in [0.2, 0.25) is 0 Å². The van der Waals surface area contributed by atoms with Crippen LogP contribution in [0.4, 0.5) is 11.5 Å². The summed E-state index contributed by atoms with van der Waals surface area (Å²) in [5.74, 6) is 0.597. The number of benzene rings is 2. The van der Waals surface area contributed by atoms with E-state index in [1.165, 1.54) is 35.0 Å². The van der Waals surface area contributed by atoms with Gasteiger partial charge in [0.1, 0.15) is 5.82 Å². The first kappa shape index (κ1) is 21.1. The van der Waals surface area contributed by atoms with E-state index >= 15 is 0 Å². The van der Waals surface area contributed by atoms with Crippen LogP contribution in [0.5, 0.6) is 0 Å². The number of aryl methyl sites for hydroxylation is 2. The molecule has 7 nitrogen and oxygen atoms in total. The number of fused-ring (bicyclic) bond motifs is 1. The van der Waals surface area contributed by atoms with Gasteiger partial charge in [0, 0.05) is 22.6 Å². The predicted molar refractivity (Wildman–Crippen MR) is 122 cm³/mol. The maximum absolute atomic E-state index is 12.9. The molecule has 1 N–H and O–H groups in total. The maximum atomic E-state index is 12.9. The summed E-state index contributed by atoms with van der Waals surface area (Å²) in [6.07, 6.45) is 4.92. The van der Waals surface area contributed by atoms with Gasteiger partial charge in [-0.05, 0) is 56.4 Å². The normalized spacial score (nSPS) is 16.4. The van der Waals surface area contributed by atoms with Crippen LogP contribution in [0.15, 0.2) is 59.6 Å². The lowest BCUT2D eigenvalue weighted by molar-refractivity contribution is -0.384. The van der Waals surface area contributed by atoms with E-state index in [0.29, 0.717) is 0 Å². The van der Waals surface area contributed by atoms with Crippen molar-refractivity contribution in [2.75, 3.05) is 5.32 Å². The zero-order chi connectivity index (χ0) is 22.0. The number of nitro groups is 1. The van der Waals surface area contributed by atoms with Crippen molar-refractivity contribution in [2.45, 2.75) is 49.3 Å². The van der Waals surface area contributed by atoms with E-state index in [4.69, 9.17) is 0 Å². The molecule has 2 atom stereocenters. The fourth-order valence-electron chi connectivity index (χ4n) is 3.95. The molecule has 8 heteroatoms. The van der Waals surface area contributed by atoms with Crippen molar-refractivity contribution in [3.8, 4) is 0 Å².